The quantitative estimate of drug-likeness (QED) is 0.580. The third-order valence-corrected chi connectivity index (χ3v) is 1.74. The van der Waals surface area contributed by atoms with E-state index >= 15 is 0 Å². The number of rotatable bonds is 5. The number of ether oxygens (including phenoxy) is 1. The second-order valence-electron chi connectivity index (χ2n) is 3.10. The lowest BCUT2D eigenvalue weighted by atomic mass is 10.4. The van der Waals surface area contributed by atoms with Gasteiger partial charge in [-0.1, -0.05) is 0 Å². The second-order valence-corrected chi connectivity index (χ2v) is 3.10. The van der Waals surface area contributed by atoms with E-state index < -0.39 is 4.92 Å². The van der Waals surface area contributed by atoms with E-state index in [4.69, 9.17) is 4.74 Å². The number of hydrogen-bond acceptors (Lipinski definition) is 5. The summed E-state index contributed by atoms with van der Waals surface area (Å²) in [6.07, 6.45) is 1.35. The minimum Gasteiger partial charge on any atom is -0.485 e. The van der Waals surface area contributed by atoms with E-state index in [0.717, 1.165) is 0 Å². The lowest BCUT2D eigenvalue weighted by molar-refractivity contribution is -0.389. The molecule has 1 N–H and O–H groups in total. The fourth-order valence-electron chi connectivity index (χ4n) is 1.11. The van der Waals surface area contributed by atoms with E-state index in [-0.39, 0.29) is 11.9 Å². The standard InChI is InChI=1S/C9H13N3O3/c1-7(5-10-2)15-8-3-4-9(11-6-8)12(13)14/h3-4,6-7,10H,5H2,1-2H3. The predicted molar refractivity (Wildman–Crippen MR) is 54.9 cm³/mol. The first-order valence-electron chi connectivity index (χ1n) is 4.55. The smallest absolute Gasteiger partial charge is 0.363 e. The average Bonchev–Trinajstić information content (AvgIpc) is 2.18. The Bertz CT molecular complexity index is 326. The highest BCUT2D eigenvalue weighted by Gasteiger charge is 2.08. The van der Waals surface area contributed by atoms with Crippen molar-refractivity contribution in [2.75, 3.05) is 13.6 Å². The molecule has 1 aromatic heterocycles. The van der Waals surface area contributed by atoms with Gasteiger partial charge in [-0.05, 0) is 29.9 Å². The third kappa shape index (κ3) is 3.51. The van der Waals surface area contributed by atoms with Gasteiger partial charge in [-0.15, -0.1) is 0 Å². The summed E-state index contributed by atoms with van der Waals surface area (Å²) in [5.41, 5.74) is 0. The molecular weight excluding hydrogens is 198 g/mol. The maximum Gasteiger partial charge on any atom is 0.363 e. The Morgan fingerprint density at radius 1 is 1.67 bits per heavy atom. The SMILES string of the molecule is CNCC(C)Oc1ccc([N+](=O)[O-])nc1. The molecule has 0 saturated carbocycles. The second kappa shape index (κ2) is 5.26. The first-order chi connectivity index (χ1) is 7.13. The van der Waals surface area contributed by atoms with Gasteiger partial charge in [0.15, 0.2) is 11.9 Å². The van der Waals surface area contributed by atoms with Gasteiger partial charge in [-0.3, -0.25) is 0 Å². The summed E-state index contributed by atoms with van der Waals surface area (Å²) in [4.78, 5) is 13.4. The maximum absolute atomic E-state index is 10.3. The Kier molecular flexibility index (Phi) is 3.99. The zero-order chi connectivity index (χ0) is 11.3. The van der Waals surface area contributed by atoms with Crippen molar-refractivity contribution in [3.8, 4) is 5.75 Å². The molecule has 1 atom stereocenters. The van der Waals surface area contributed by atoms with E-state index in [1.54, 1.807) is 0 Å². The van der Waals surface area contributed by atoms with E-state index in [2.05, 4.69) is 10.3 Å². The van der Waals surface area contributed by atoms with Crippen LogP contribution in [0.1, 0.15) is 6.92 Å². The molecule has 0 aliphatic rings. The van der Waals surface area contributed by atoms with Crippen LogP contribution in [0.15, 0.2) is 18.3 Å². The number of pyridine rings is 1. The first-order valence-corrected chi connectivity index (χ1v) is 4.55. The van der Waals surface area contributed by atoms with Gasteiger partial charge in [0.25, 0.3) is 0 Å². The van der Waals surface area contributed by atoms with Gasteiger partial charge >= 0.3 is 5.82 Å². The Morgan fingerprint density at radius 3 is 2.87 bits per heavy atom. The molecule has 0 bridgehead atoms. The van der Waals surface area contributed by atoms with E-state index in [1.165, 1.54) is 18.3 Å². The molecule has 0 radical (unpaired) electrons. The van der Waals surface area contributed by atoms with Crippen LogP contribution in [-0.2, 0) is 0 Å². The van der Waals surface area contributed by atoms with Gasteiger partial charge in [0.1, 0.15) is 6.10 Å². The van der Waals surface area contributed by atoms with Crippen LogP contribution in [0.2, 0.25) is 0 Å². The van der Waals surface area contributed by atoms with Crippen LogP contribution in [0.4, 0.5) is 5.82 Å². The fraction of sp³-hybridized carbons (Fsp3) is 0.444. The summed E-state index contributed by atoms with van der Waals surface area (Å²) in [5, 5.41) is 13.3. The van der Waals surface area contributed by atoms with Crippen LogP contribution in [0.3, 0.4) is 0 Å². The number of likely N-dealkylation sites (N-methyl/N-ethyl adjacent to an activating group) is 1. The largest absolute Gasteiger partial charge is 0.485 e. The monoisotopic (exact) mass is 211 g/mol. The molecule has 1 aromatic rings. The van der Waals surface area contributed by atoms with Crippen LogP contribution in [0.25, 0.3) is 0 Å². The number of nitrogens with zero attached hydrogens (tertiary/aromatic N) is 2. The van der Waals surface area contributed by atoms with Crippen molar-refractivity contribution in [2.24, 2.45) is 0 Å². The van der Waals surface area contributed by atoms with Crippen molar-refractivity contribution in [3.63, 3.8) is 0 Å². The molecule has 0 aromatic carbocycles. The molecule has 1 unspecified atom stereocenters. The summed E-state index contributed by atoms with van der Waals surface area (Å²) in [6.45, 7) is 2.61. The minimum atomic E-state index is -0.541. The van der Waals surface area contributed by atoms with E-state index in [9.17, 15) is 10.1 Å². The van der Waals surface area contributed by atoms with Gasteiger partial charge in [0.2, 0.25) is 0 Å². The fourth-order valence-corrected chi connectivity index (χ4v) is 1.11. The van der Waals surface area contributed by atoms with Gasteiger partial charge in [0.05, 0.1) is 0 Å². The van der Waals surface area contributed by atoms with Crippen LogP contribution in [-0.4, -0.2) is 29.6 Å². The van der Waals surface area contributed by atoms with Crippen LogP contribution >= 0.6 is 0 Å². The van der Waals surface area contributed by atoms with Crippen LogP contribution in [0, 0.1) is 10.1 Å². The van der Waals surface area contributed by atoms with Gasteiger partial charge in [0, 0.05) is 12.6 Å². The highest BCUT2D eigenvalue weighted by atomic mass is 16.6. The zero-order valence-corrected chi connectivity index (χ0v) is 8.64. The summed E-state index contributed by atoms with van der Waals surface area (Å²) in [5.74, 6) is 0.354. The van der Waals surface area contributed by atoms with Crippen LogP contribution in [0.5, 0.6) is 5.75 Å². The van der Waals surface area contributed by atoms with Gasteiger partial charge in [-0.25, -0.2) is 0 Å². The van der Waals surface area contributed by atoms with E-state index in [1.807, 2.05) is 14.0 Å². The topological polar surface area (TPSA) is 77.3 Å². The lowest BCUT2D eigenvalue weighted by Crippen LogP contribution is -2.26. The number of aromatic nitrogens is 1. The highest BCUT2D eigenvalue weighted by Crippen LogP contribution is 2.14. The average molecular weight is 211 g/mol. The number of hydrogen-bond donors (Lipinski definition) is 1. The molecule has 82 valence electrons. The number of nitro groups is 1. The predicted octanol–water partition coefficient (Wildman–Crippen LogP) is 0.977. The third-order valence-electron chi connectivity index (χ3n) is 1.74. The lowest BCUT2D eigenvalue weighted by Gasteiger charge is -2.12. The molecule has 6 nitrogen and oxygen atoms in total. The molecule has 15 heavy (non-hydrogen) atoms. The number of nitrogens with one attached hydrogen (secondary N) is 1. The summed E-state index contributed by atoms with van der Waals surface area (Å²) in [6, 6.07) is 2.86. The first kappa shape index (κ1) is 11.4. The van der Waals surface area contributed by atoms with Crippen molar-refractivity contribution in [1.29, 1.82) is 0 Å². The molecule has 0 saturated heterocycles. The summed E-state index contributed by atoms with van der Waals surface area (Å²) in [7, 11) is 1.83. The molecule has 0 amide bonds. The van der Waals surface area contributed by atoms with Crippen LogP contribution < -0.4 is 10.1 Å². The molecule has 6 heteroatoms. The molecule has 0 aliphatic carbocycles. The van der Waals surface area contributed by atoms with Crippen molar-refractivity contribution < 1.29 is 9.66 Å². The maximum atomic E-state index is 10.3. The Labute approximate surface area is 87.4 Å². The van der Waals surface area contributed by atoms with Gasteiger partial charge in [-0.2, -0.15) is 0 Å². The van der Waals surface area contributed by atoms with Crippen molar-refractivity contribution in [2.45, 2.75) is 13.0 Å². The summed E-state index contributed by atoms with van der Waals surface area (Å²) >= 11 is 0. The normalized spacial score (nSPS) is 12.1. The Hall–Kier alpha value is -1.69. The Balaban J connectivity index is 2.60. The van der Waals surface area contributed by atoms with Crippen molar-refractivity contribution >= 4 is 5.82 Å². The Morgan fingerprint density at radius 2 is 2.40 bits per heavy atom. The molecule has 1 rings (SSSR count). The minimum absolute atomic E-state index is 0.00161. The molecular formula is C9H13N3O3. The van der Waals surface area contributed by atoms with Crippen molar-refractivity contribution in [3.05, 3.63) is 28.4 Å². The molecule has 0 fully saturated rings. The zero-order valence-electron chi connectivity index (χ0n) is 8.64. The highest BCUT2D eigenvalue weighted by molar-refractivity contribution is 5.26. The molecule has 0 spiro atoms. The molecule has 1 heterocycles. The molecule has 0 aliphatic heterocycles. The van der Waals surface area contributed by atoms with Gasteiger partial charge < -0.3 is 20.2 Å². The van der Waals surface area contributed by atoms with E-state index in [0.29, 0.717) is 12.3 Å². The summed E-state index contributed by atoms with van der Waals surface area (Å²) < 4.78 is 5.44. The van der Waals surface area contributed by atoms with Crippen molar-refractivity contribution in [1.82, 2.24) is 10.3 Å².